The number of carbonyl (C=O) groups excluding carboxylic acids is 1. The molecule has 0 N–H and O–H groups in total. The van der Waals surface area contributed by atoms with Gasteiger partial charge in [0.05, 0.1) is 0 Å². The highest BCUT2D eigenvalue weighted by molar-refractivity contribution is 5.69. The topological polar surface area (TPSA) is 46.1 Å². The second-order valence-corrected chi connectivity index (χ2v) is 3.09. The quantitative estimate of drug-likeness (QED) is 0.629. The summed E-state index contributed by atoms with van der Waals surface area (Å²) in [5, 5.41) is 0. The Labute approximate surface area is 76.6 Å². The Bertz CT molecular complexity index is 307. The molecule has 1 saturated heterocycles. The molecule has 0 atom stereocenters. The molecule has 1 fully saturated rings. The largest absolute Gasteiger partial charge is 0.356 e. The lowest BCUT2D eigenvalue weighted by Crippen LogP contribution is -2.19. The van der Waals surface area contributed by atoms with Crippen molar-refractivity contribution >= 4 is 12.1 Å². The van der Waals surface area contributed by atoms with Crippen LogP contribution in [0.3, 0.4) is 0 Å². The van der Waals surface area contributed by atoms with Crippen LogP contribution in [0.25, 0.3) is 0 Å². The van der Waals surface area contributed by atoms with Gasteiger partial charge >= 0.3 is 0 Å². The molecule has 1 aromatic rings. The number of rotatable bonds is 2. The molecule has 4 nitrogen and oxygen atoms in total. The third-order valence-corrected chi connectivity index (χ3v) is 2.19. The zero-order valence-electron chi connectivity index (χ0n) is 7.31. The number of carbonyl (C=O) groups is 1. The van der Waals surface area contributed by atoms with Crippen LogP contribution in [0.5, 0.6) is 0 Å². The van der Waals surface area contributed by atoms with E-state index in [0.29, 0.717) is 6.29 Å². The lowest BCUT2D eigenvalue weighted by atomic mass is 10.4. The molecule has 4 heteroatoms. The zero-order chi connectivity index (χ0) is 9.10. The number of hydrogen-bond donors (Lipinski definition) is 0. The first kappa shape index (κ1) is 8.16. The number of nitrogens with zero attached hydrogens (tertiary/aromatic N) is 3. The Morgan fingerprint density at radius 1 is 1.38 bits per heavy atom. The first-order valence-electron chi connectivity index (χ1n) is 4.43. The van der Waals surface area contributed by atoms with Crippen LogP contribution in [-0.2, 0) is 0 Å². The lowest BCUT2D eigenvalue weighted by Gasteiger charge is -2.15. The van der Waals surface area contributed by atoms with Gasteiger partial charge in [-0.1, -0.05) is 0 Å². The average molecular weight is 177 g/mol. The minimum atomic E-state index is 0.268. The molecule has 0 spiro atoms. The van der Waals surface area contributed by atoms with Gasteiger partial charge in [-0.2, -0.15) is 0 Å². The molecule has 1 aromatic heterocycles. The maximum absolute atomic E-state index is 10.4. The van der Waals surface area contributed by atoms with Gasteiger partial charge in [0.25, 0.3) is 0 Å². The smallest absolute Gasteiger partial charge is 0.194 e. The molecule has 2 rings (SSSR count). The van der Waals surface area contributed by atoms with Crippen LogP contribution >= 0.6 is 0 Å². The Hall–Kier alpha value is -1.45. The molecular formula is C9H11N3O. The van der Waals surface area contributed by atoms with E-state index in [0.717, 1.165) is 18.9 Å². The van der Waals surface area contributed by atoms with Crippen molar-refractivity contribution in [3.05, 3.63) is 18.1 Å². The van der Waals surface area contributed by atoms with E-state index in [4.69, 9.17) is 0 Å². The molecule has 1 aliphatic rings. The van der Waals surface area contributed by atoms with E-state index in [-0.39, 0.29) is 5.82 Å². The van der Waals surface area contributed by atoms with Gasteiger partial charge in [-0.15, -0.1) is 0 Å². The first-order valence-corrected chi connectivity index (χ1v) is 4.43. The second-order valence-electron chi connectivity index (χ2n) is 3.09. The van der Waals surface area contributed by atoms with Gasteiger partial charge in [0.2, 0.25) is 0 Å². The molecular weight excluding hydrogens is 166 g/mol. The van der Waals surface area contributed by atoms with Crippen LogP contribution in [0.2, 0.25) is 0 Å². The standard InChI is InChI=1S/C9H11N3O/c13-7-8-10-4-3-9(11-8)12-5-1-2-6-12/h3-4,7H,1-2,5-6H2. The van der Waals surface area contributed by atoms with E-state index >= 15 is 0 Å². The predicted molar refractivity (Wildman–Crippen MR) is 48.9 cm³/mol. The monoisotopic (exact) mass is 177 g/mol. The Morgan fingerprint density at radius 3 is 2.85 bits per heavy atom. The Balaban J connectivity index is 2.23. The summed E-state index contributed by atoms with van der Waals surface area (Å²) < 4.78 is 0. The van der Waals surface area contributed by atoms with Crippen molar-refractivity contribution in [2.24, 2.45) is 0 Å². The predicted octanol–water partition coefficient (Wildman–Crippen LogP) is 0.889. The maximum Gasteiger partial charge on any atom is 0.194 e. The van der Waals surface area contributed by atoms with E-state index in [1.807, 2.05) is 6.07 Å². The summed E-state index contributed by atoms with van der Waals surface area (Å²) in [6.07, 6.45) is 4.73. The van der Waals surface area contributed by atoms with Crippen LogP contribution in [0, 0.1) is 0 Å². The fourth-order valence-electron chi connectivity index (χ4n) is 1.54. The normalized spacial score (nSPS) is 16.2. The second kappa shape index (κ2) is 3.51. The third kappa shape index (κ3) is 1.66. The third-order valence-electron chi connectivity index (χ3n) is 2.19. The van der Waals surface area contributed by atoms with Gasteiger partial charge in [-0.25, -0.2) is 9.97 Å². The number of aromatic nitrogens is 2. The summed E-state index contributed by atoms with van der Waals surface area (Å²) in [6, 6.07) is 1.85. The van der Waals surface area contributed by atoms with Gasteiger partial charge in [-0.3, -0.25) is 4.79 Å². The van der Waals surface area contributed by atoms with Crippen LogP contribution in [0.4, 0.5) is 5.82 Å². The summed E-state index contributed by atoms with van der Waals surface area (Å²) in [7, 11) is 0. The molecule has 0 amide bonds. The van der Waals surface area contributed by atoms with Crippen molar-refractivity contribution in [3.63, 3.8) is 0 Å². The van der Waals surface area contributed by atoms with Gasteiger partial charge in [0, 0.05) is 19.3 Å². The minimum absolute atomic E-state index is 0.268. The molecule has 0 unspecified atom stereocenters. The van der Waals surface area contributed by atoms with Crippen LogP contribution in [-0.4, -0.2) is 29.3 Å². The number of hydrogen-bond acceptors (Lipinski definition) is 4. The molecule has 0 radical (unpaired) electrons. The molecule has 0 saturated carbocycles. The highest BCUT2D eigenvalue weighted by Gasteiger charge is 2.13. The zero-order valence-corrected chi connectivity index (χ0v) is 7.31. The van der Waals surface area contributed by atoms with E-state index in [1.165, 1.54) is 12.8 Å². The van der Waals surface area contributed by atoms with E-state index in [1.54, 1.807) is 6.20 Å². The van der Waals surface area contributed by atoms with E-state index < -0.39 is 0 Å². The van der Waals surface area contributed by atoms with Crippen molar-refractivity contribution in [2.75, 3.05) is 18.0 Å². The van der Waals surface area contributed by atoms with Crippen molar-refractivity contribution in [2.45, 2.75) is 12.8 Å². The molecule has 13 heavy (non-hydrogen) atoms. The maximum atomic E-state index is 10.4. The Kier molecular flexibility index (Phi) is 2.21. The number of aldehydes is 1. The molecule has 1 aliphatic heterocycles. The molecule has 0 aliphatic carbocycles. The molecule has 0 aromatic carbocycles. The fraction of sp³-hybridized carbons (Fsp3) is 0.444. The highest BCUT2D eigenvalue weighted by atomic mass is 16.1. The summed E-state index contributed by atoms with van der Waals surface area (Å²) in [4.78, 5) is 20.5. The Morgan fingerprint density at radius 2 is 2.15 bits per heavy atom. The van der Waals surface area contributed by atoms with Crippen molar-refractivity contribution in [3.8, 4) is 0 Å². The number of anilines is 1. The van der Waals surface area contributed by atoms with Gasteiger partial charge in [-0.05, 0) is 18.9 Å². The van der Waals surface area contributed by atoms with Gasteiger partial charge in [0.15, 0.2) is 12.1 Å². The summed E-state index contributed by atoms with van der Waals surface area (Å²) in [5.41, 5.74) is 0. The summed E-state index contributed by atoms with van der Waals surface area (Å²) in [5.74, 6) is 1.14. The van der Waals surface area contributed by atoms with E-state index in [9.17, 15) is 4.79 Å². The van der Waals surface area contributed by atoms with E-state index in [2.05, 4.69) is 14.9 Å². The van der Waals surface area contributed by atoms with Crippen molar-refractivity contribution < 1.29 is 4.79 Å². The fourth-order valence-corrected chi connectivity index (χ4v) is 1.54. The minimum Gasteiger partial charge on any atom is -0.356 e. The SMILES string of the molecule is O=Cc1nccc(N2CCCC2)n1. The first-order chi connectivity index (χ1) is 6.40. The van der Waals surface area contributed by atoms with Crippen molar-refractivity contribution in [1.82, 2.24) is 9.97 Å². The van der Waals surface area contributed by atoms with Crippen molar-refractivity contribution in [1.29, 1.82) is 0 Å². The highest BCUT2D eigenvalue weighted by Crippen LogP contribution is 2.16. The van der Waals surface area contributed by atoms with Crippen LogP contribution in [0.1, 0.15) is 23.5 Å². The van der Waals surface area contributed by atoms with Gasteiger partial charge in [0.1, 0.15) is 5.82 Å². The summed E-state index contributed by atoms with van der Waals surface area (Å²) >= 11 is 0. The van der Waals surface area contributed by atoms with Crippen LogP contribution in [0.15, 0.2) is 12.3 Å². The lowest BCUT2D eigenvalue weighted by molar-refractivity contribution is 0.111. The van der Waals surface area contributed by atoms with Gasteiger partial charge < -0.3 is 4.90 Å². The summed E-state index contributed by atoms with van der Waals surface area (Å²) in [6.45, 7) is 2.07. The average Bonchev–Trinajstić information content (AvgIpc) is 2.71. The molecule has 68 valence electrons. The van der Waals surface area contributed by atoms with Crippen LogP contribution < -0.4 is 4.90 Å². The molecule has 0 bridgehead atoms. The molecule has 2 heterocycles.